The quantitative estimate of drug-likeness (QED) is 0.802. The zero-order valence-corrected chi connectivity index (χ0v) is 13.4. The molecule has 118 valence electrons. The number of likely N-dealkylation sites (N-methyl/N-ethyl adjacent to an activating group) is 1. The number of hydrogen-bond donors (Lipinski definition) is 2. The molecule has 0 aromatic carbocycles. The summed E-state index contributed by atoms with van der Waals surface area (Å²) >= 11 is 0. The van der Waals surface area contributed by atoms with Crippen LogP contribution in [0.3, 0.4) is 0 Å². The molecule has 6 heteroatoms. The Labute approximate surface area is 127 Å². The molecular weight excluding hydrogens is 266 g/mol. The maximum absolute atomic E-state index is 6.10. The molecule has 1 fully saturated rings. The lowest BCUT2D eigenvalue weighted by Gasteiger charge is -2.36. The molecule has 0 radical (unpaired) electrons. The first-order chi connectivity index (χ1) is 10.1. The van der Waals surface area contributed by atoms with E-state index in [9.17, 15) is 0 Å². The van der Waals surface area contributed by atoms with E-state index in [0.717, 1.165) is 13.0 Å². The number of rotatable bonds is 7. The SMILES string of the molecule is CCCOc1ncnc(NCC2(N(C)C)CCCC2)c1N. The summed E-state index contributed by atoms with van der Waals surface area (Å²) in [6.07, 6.45) is 7.40. The van der Waals surface area contributed by atoms with Gasteiger partial charge in [0.05, 0.1) is 6.61 Å². The van der Waals surface area contributed by atoms with Crippen molar-refractivity contribution in [2.75, 3.05) is 38.3 Å². The van der Waals surface area contributed by atoms with Crippen LogP contribution in [0.5, 0.6) is 5.88 Å². The summed E-state index contributed by atoms with van der Waals surface area (Å²) in [7, 11) is 4.29. The fraction of sp³-hybridized carbons (Fsp3) is 0.733. The predicted molar refractivity (Wildman–Crippen MR) is 85.6 cm³/mol. The summed E-state index contributed by atoms with van der Waals surface area (Å²) in [5, 5.41) is 3.40. The summed E-state index contributed by atoms with van der Waals surface area (Å²) in [5.41, 5.74) is 6.80. The molecule has 1 aliphatic rings. The number of hydrogen-bond acceptors (Lipinski definition) is 6. The fourth-order valence-electron chi connectivity index (χ4n) is 2.90. The highest BCUT2D eigenvalue weighted by molar-refractivity contribution is 5.66. The monoisotopic (exact) mass is 293 g/mol. The molecule has 0 aliphatic heterocycles. The molecule has 0 saturated heterocycles. The third kappa shape index (κ3) is 3.56. The van der Waals surface area contributed by atoms with Crippen LogP contribution >= 0.6 is 0 Å². The third-order valence-electron chi connectivity index (χ3n) is 4.36. The normalized spacial score (nSPS) is 17.1. The Morgan fingerprint density at radius 2 is 2.05 bits per heavy atom. The maximum atomic E-state index is 6.10. The molecule has 0 spiro atoms. The number of nitrogen functional groups attached to an aromatic ring is 1. The molecule has 1 aromatic rings. The van der Waals surface area contributed by atoms with E-state index in [1.54, 1.807) is 0 Å². The Morgan fingerprint density at radius 3 is 2.67 bits per heavy atom. The summed E-state index contributed by atoms with van der Waals surface area (Å²) in [5.74, 6) is 1.14. The first-order valence-corrected chi connectivity index (χ1v) is 7.73. The lowest BCUT2D eigenvalue weighted by Crippen LogP contribution is -2.47. The van der Waals surface area contributed by atoms with Crippen LogP contribution in [0.15, 0.2) is 6.33 Å². The number of anilines is 2. The van der Waals surface area contributed by atoms with Gasteiger partial charge in [0.25, 0.3) is 0 Å². The summed E-state index contributed by atoms with van der Waals surface area (Å²) in [6.45, 7) is 3.51. The number of nitrogens with zero attached hydrogens (tertiary/aromatic N) is 3. The molecule has 1 aromatic heterocycles. The Balaban J connectivity index is 2.05. The van der Waals surface area contributed by atoms with E-state index < -0.39 is 0 Å². The lowest BCUT2D eigenvalue weighted by molar-refractivity contribution is 0.172. The summed E-state index contributed by atoms with van der Waals surface area (Å²) in [4.78, 5) is 10.7. The van der Waals surface area contributed by atoms with Crippen LogP contribution in [0.1, 0.15) is 39.0 Å². The van der Waals surface area contributed by atoms with E-state index in [4.69, 9.17) is 10.5 Å². The van der Waals surface area contributed by atoms with Crippen molar-refractivity contribution in [2.45, 2.75) is 44.6 Å². The van der Waals surface area contributed by atoms with Gasteiger partial charge >= 0.3 is 0 Å². The largest absolute Gasteiger partial charge is 0.476 e. The molecule has 0 unspecified atom stereocenters. The molecule has 0 bridgehead atoms. The van der Waals surface area contributed by atoms with E-state index in [-0.39, 0.29) is 5.54 Å². The van der Waals surface area contributed by atoms with E-state index >= 15 is 0 Å². The molecular formula is C15H27N5O. The first kappa shape index (κ1) is 15.8. The minimum absolute atomic E-state index is 0.196. The van der Waals surface area contributed by atoms with Gasteiger partial charge in [0.2, 0.25) is 5.88 Å². The van der Waals surface area contributed by atoms with E-state index in [0.29, 0.717) is 24.0 Å². The predicted octanol–water partition coefficient (Wildman–Crippen LogP) is 2.13. The van der Waals surface area contributed by atoms with Crippen molar-refractivity contribution in [3.63, 3.8) is 0 Å². The Hall–Kier alpha value is -1.56. The number of nitrogens with two attached hydrogens (primary N) is 1. The average Bonchev–Trinajstić information content (AvgIpc) is 2.95. The van der Waals surface area contributed by atoms with E-state index in [1.165, 1.54) is 32.0 Å². The van der Waals surface area contributed by atoms with Crippen molar-refractivity contribution in [1.82, 2.24) is 14.9 Å². The van der Waals surface area contributed by atoms with Crippen LogP contribution in [0.4, 0.5) is 11.5 Å². The van der Waals surface area contributed by atoms with Crippen molar-refractivity contribution in [3.05, 3.63) is 6.33 Å². The first-order valence-electron chi connectivity index (χ1n) is 7.73. The highest BCUT2D eigenvalue weighted by Crippen LogP contribution is 2.34. The Bertz CT molecular complexity index is 457. The van der Waals surface area contributed by atoms with Crippen LogP contribution in [0.2, 0.25) is 0 Å². The number of ether oxygens (including phenoxy) is 1. The second-order valence-electron chi connectivity index (χ2n) is 5.97. The van der Waals surface area contributed by atoms with Crippen LogP contribution in [-0.4, -0.2) is 47.7 Å². The Kier molecular flexibility index (Phi) is 5.22. The van der Waals surface area contributed by atoms with Crippen molar-refractivity contribution < 1.29 is 4.74 Å². The van der Waals surface area contributed by atoms with Gasteiger partial charge in [-0.3, -0.25) is 0 Å². The second kappa shape index (κ2) is 6.93. The van der Waals surface area contributed by atoms with Crippen LogP contribution in [0, 0.1) is 0 Å². The zero-order valence-electron chi connectivity index (χ0n) is 13.4. The second-order valence-corrected chi connectivity index (χ2v) is 5.97. The molecule has 21 heavy (non-hydrogen) atoms. The summed E-state index contributed by atoms with van der Waals surface area (Å²) in [6, 6.07) is 0. The topological polar surface area (TPSA) is 76.3 Å². The molecule has 2 rings (SSSR count). The van der Waals surface area contributed by atoms with Gasteiger partial charge in [-0.25, -0.2) is 4.98 Å². The average molecular weight is 293 g/mol. The molecule has 1 heterocycles. The highest BCUT2D eigenvalue weighted by atomic mass is 16.5. The van der Waals surface area contributed by atoms with E-state index in [1.807, 2.05) is 0 Å². The minimum Gasteiger partial charge on any atom is -0.476 e. The minimum atomic E-state index is 0.196. The molecule has 3 N–H and O–H groups in total. The van der Waals surface area contributed by atoms with Gasteiger partial charge in [-0.2, -0.15) is 4.98 Å². The van der Waals surface area contributed by atoms with Gasteiger partial charge in [0, 0.05) is 12.1 Å². The smallest absolute Gasteiger partial charge is 0.242 e. The van der Waals surface area contributed by atoms with Crippen LogP contribution in [-0.2, 0) is 0 Å². The number of nitrogens with one attached hydrogen (secondary N) is 1. The Morgan fingerprint density at radius 1 is 1.33 bits per heavy atom. The third-order valence-corrected chi connectivity index (χ3v) is 4.36. The summed E-state index contributed by atoms with van der Waals surface area (Å²) < 4.78 is 5.54. The van der Waals surface area contributed by atoms with Gasteiger partial charge in [0.15, 0.2) is 5.82 Å². The molecule has 0 amide bonds. The zero-order chi connectivity index (χ0) is 15.3. The van der Waals surface area contributed by atoms with Gasteiger partial charge in [-0.1, -0.05) is 19.8 Å². The molecule has 6 nitrogen and oxygen atoms in total. The molecule has 1 saturated carbocycles. The van der Waals surface area contributed by atoms with Gasteiger partial charge < -0.3 is 20.7 Å². The van der Waals surface area contributed by atoms with Crippen molar-refractivity contribution in [1.29, 1.82) is 0 Å². The van der Waals surface area contributed by atoms with Crippen LogP contribution < -0.4 is 15.8 Å². The van der Waals surface area contributed by atoms with Crippen molar-refractivity contribution in [2.24, 2.45) is 0 Å². The van der Waals surface area contributed by atoms with Gasteiger partial charge in [-0.05, 0) is 33.4 Å². The lowest BCUT2D eigenvalue weighted by atomic mass is 9.96. The highest BCUT2D eigenvalue weighted by Gasteiger charge is 2.35. The van der Waals surface area contributed by atoms with Crippen LogP contribution in [0.25, 0.3) is 0 Å². The van der Waals surface area contributed by atoms with E-state index in [2.05, 4.69) is 41.2 Å². The van der Waals surface area contributed by atoms with Crippen molar-refractivity contribution >= 4 is 11.5 Å². The molecule has 0 atom stereocenters. The maximum Gasteiger partial charge on any atom is 0.242 e. The molecule has 1 aliphatic carbocycles. The number of aromatic nitrogens is 2. The standard InChI is InChI=1S/C15H27N5O/c1-4-9-21-14-12(16)13(18-11-19-14)17-10-15(20(2)3)7-5-6-8-15/h11H,4-10,16H2,1-3H3,(H,17,18,19). The van der Waals surface area contributed by atoms with Crippen molar-refractivity contribution in [3.8, 4) is 5.88 Å². The van der Waals surface area contributed by atoms with Gasteiger partial charge in [-0.15, -0.1) is 0 Å². The van der Waals surface area contributed by atoms with Gasteiger partial charge in [0.1, 0.15) is 12.0 Å². The fourth-order valence-corrected chi connectivity index (χ4v) is 2.90.